The summed E-state index contributed by atoms with van der Waals surface area (Å²) < 4.78 is 4.74. The number of carbonyl (C=O) groups excluding carboxylic acids is 1. The highest BCUT2D eigenvalue weighted by Crippen LogP contribution is 2.40. The lowest BCUT2D eigenvalue weighted by molar-refractivity contribution is -0.140. The average Bonchev–Trinajstić information content (AvgIpc) is 2.50. The fraction of sp³-hybridized carbons (Fsp3) is 0.0667. The number of rotatable bonds is 3. The third-order valence-electron chi connectivity index (χ3n) is 3.07. The predicted octanol–water partition coefficient (Wildman–Crippen LogP) is 2.73. The van der Waals surface area contributed by atoms with Crippen molar-refractivity contribution in [2.75, 3.05) is 17.2 Å². The highest BCUT2D eigenvalue weighted by atomic mass is 16.5. The summed E-state index contributed by atoms with van der Waals surface area (Å²) >= 11 is 0. The second kappa shape index (κ2) is 5.16. The average molecular weight is 284 g/mol. The molecular weight excluding hydrogens is 272 g/mol. The van der Waals surface area contributed by atoms with E-state index in [2.05, 4.69) is 10.6 Å². The summed E-state index contributed by atoms with van der Waals surface area (Å²) in [7, 11) is 0. The van der Waals surface area contributed by atoms with Gasteiger partial charge in [0, 0.05) is 0 Å². The van der Waals surface area contributed by atoms with Crippen LogP contribution in [-0.2, 0) is 9.53 Å². The van der Waals surface area contributed by atoms with Gasteiger partial charge in [-0.15, -0.1) is 0 Å². The maximum Gasteiger partial charge on any atom is 0.341 e. The molecule has 2 aromatic carbocycles. The van der Waals surface area contributed by atoms with Crippen molar-refractivity contribution in [3.8, 4) is 0 Å². The van der Waals surface area contributed by atoms with Crippen molar-refractivity contribution >= 4 is 34.7 Å². The number of esters is 1. The smallest absolute Gasteiger partial charge is 0.341 e. The van der Waals surface area contributed by atoms with Crippen molar-refractivity contribution in [3.05, 3.63) is 48.0 Å². The standard InChI is InChI=1S/C15H12N2O4/c18-13(19)8-21-15(20)9-4-3-7-12-14(9)17-11-6-2-1-5-10(11)16-12/h1-7,16-17H,8H2,(H,18,19). The van der Waals surface area contributed by atoms with Gasteiger partial charge in [-0.05, 0) is 24.3 Å². The molecule has 0 spiro atoms. The first-order valence-corrected chi connectivity index (χ1v) is 6.30. The van der Waals surface area contributed by atoms with E-state index in [1.54, 1.807) is 12.1 Å². The number of hydrogen-bond donors (Lipinski definition) is 3. The Bertz CT molecular complexity index is 727. The molecule has 0 aliphatic carbocycles. The van der Waals surface area contributed by atoms with Gasteiger partial charge >= 0.3 is 11.9 Å². The number of carboxylic acid groups (broad SMARTS) is 1. The fourth-order valence-electron chi connectivity index (χ4n) is 2.15. The Morgan fingerprint density at radius 1 is 0.952 bits per heavy atom. The van der Waals surface area contributed by atoms with Gasteiger partial charge in [-0.25, -0.2) is 9.59 Å². The zero-order valence-electron chi connectivity index (χ0n) is 10.9. The fourth-order valence-corrected chi connectivity index (χ4v) is 2.15. The molecule has 0 unspecified atom stereocenters. The van der Waals surface area contributed by atoms with Gasteiger partial charge in [0.15, 0.2) is 6.61 Å². The van der Waals surface area contributed by atoms with E-state index in [0.29, 0.717) is 5.69 Å². The summed E-state index contributed by atoms with van der Waals surface area (Å²) in [5, 5.41) is 15.0. The molecule has 3 rings (SSSR count). The van der Waals surface area contributed by atoms with Gasteiger partial charge in [-0.2, -0.15) is 0 Å². The van der Waals surface area contributed by atoms with Crippen LogP contribution in [0.15, 0.2) is 42.5 Å². The Hall–Kier alpha value is -3.02. The van der Waals surface area contributed by atoms with Crippen molar-refractivity contribution in [2.24, 2.45) is 0 Å². The zero-order valence-corrected chi connectivity index (χ0v) is 10.9. The predicted molar refractivity (Wildman–Crippen MR) is 77.4 cm³/mol. The lowest BCUT2D eigenvalue weighted by Gasteiger charge is -2.24. The van der Waals surface area contributed by atoms with Crippen LogP contribution in [0.3, 0.4) is 0 Å². The van der Waals surface area contributed by atoms with Crippen LogP contribution >= 0.6 is 0 Å². The first kappa shape index (κ1) is 13.0. The van der Waals surface area contributed by atoms with Crippen LogP contribution in [0.4, 0.5) is 22.7 Å². The lowest BCUT2D eigenvalue weighted by atomic mass is 10.1. The van der Waals surface area contributed by atoms with Gasteiger partial charge in [-0.3, -0.25) is 0 Å². The highest BCUT2D eigenvalue weighted by Gasteiger charge is 2.21. The topological polar surface area (TPSA) is 87.7 Å². The van der Waals surface area contributed by atoms with Gasteiger partial charge < -0.3 is 20.5 Å². The lowest BCUT2D eigenvalue weighted by Crippen LogP contribution is -2.16. The van der Waals surface area contributed by atoms with Gasteiger partial charge in [0.2, 0.25) is 0 Å². The first-order chi connectivity index (χ1) is 10.1. The second-order valence-corrected chi connectivity index (χ2v) is 4.49. The summed E-state index contributed by atoms with van der Waals surface area (Å²) in [6.45, 7) is -0.660. The third kappa shape index (κ3) is 2.51. The summed E-state index contributed by atoms with van der Waals surface area (Å²) in [5.41, 5.74) is 3.34. The molecular formula is C15H12N2O4. The Balaban J connectivity index is 1.92. The monoisotopic (exact) mass is 284 g/mol. The van der Waals surface area contributed by atoms with Gasteiger partial charge in [0.1, 0.15) is 0 Å². The molecule has 0 aromatic heterocycles. The number of aliphatic carboxylic acids is 1. The van der Waals surface area contributed by atoms with Gasteiger partial charge in [-0.1, -0.05) is 18.2 Å². The molecule has 106 valence electrons. The van der Waals surface area contributed by atoms with E-state index in [9.17, 15) is 9.59 Å². The molecule has 6 heteroatoms. The number of ether oxygens (including phenoxy) is 1. The van der Waals surface area contributed by atoms with E-state index in [1.807, 2.05) is 30.3 Å². The van der Waals surface area contributed by atoms with Crippen LogP contribution in [0.5, 0.6) is 0 Å². The summed E-state index contributed by atoms with van der Waals surface area (Å²) in [6, 6.07) is 12.7. The number of fused-ring (bicyclic) bond motifs is 2. The number of hydrogen-bond acceptors (Lipinski definition) is 5. The molecule has 2 aromatic rings. The zero-order chi connectivity index (χ0) is 14.8. The number of benzene rings is 2. The normalized spacial score (nSPS) is 11.4. The Labute approximate surface area is 120 Å². The molecule has 3 N–H and O–H groups in total. The quantitative estimate of drug-likeness (QED) is 0.641. The van der Waals surface area contributed by atoms with E-state index < -0.39 is 18.5 Å². The van der Waals surface area contributed by atoms with Gasteiger partial charge in [0.05, 0.1) is 28.3 Å². The molecule has 1 aliphatic heterocycles. The molecule has 1 heterocycles. The van der Waals surface area contributed by atoms with Crippen LogP contribution in [0, 0.1) is 0 Å². The van der Waals surface area contributed by atoms with Crippen molar-refractivity contribution in [1.29, 1.82) is 0 Å². The molecule has 0 saturated heterocycles. The van der Waals surface area contributed by atoms with Gasteiger partial charge in [0.25, 0.3) is 0 Å². The van der Waals surface area contributed by atoms with E-state index >= 15 is 0 Å². The van der Waals surface area contributed by atoms with E-state index in [1.165, 1.54) is 0 Å². The van der Waals surface area contributed by atoms with Crippen LogP contribution in [0.2, 0.25) is 0 Å². The molecule has 0 bridgehead atoms. The van der Waals surface area contributed by atoms with Crippen molar-refractivity contribution < 1.29 is 19.4 Å². The second-order valence-electron chi connectivity index (χ2n) is 4.49. The Morgan fingerprint density at radius 3 is 2.33 bits per heavy atom. The van der Waals surface area contributed by atoms with Crippen molar-refractivity contribution in [1.82, 2.24) is 0 Å². The van der Waals surface area contributed by atoms with Crippen LogP contribution in [-0.4, -0.2) is 23.7 Å². The number of anilines is 4. The van der Waals surface area contributed by atoms with Crippen LogP contribution in [0.1, 0.15) is 10.4 Å². The SMILES string of the molecule is O=C(O)COC(=O)c1cccc2c1Nc1ccccc1N2. The maximum absolute atomic E-state index is 12.0. The van der Waals surface area contributed by atoms with Crippen LogP contribution < -0.4 is 10.6 Å². The molecule has 0 saturated carbocycles. The first-order valence-electron chi connectivity index (χ1n) is 6.30. The summed E-state index contributed by atoms with van der Waals surface area (Å²) in [5.74, 6) is -1.87. The van der Waals surface area contributed by atoms with E-state index in [4.69, 9.17) is 9.84 Å². The molecule has 1 aliphatic rings. The molecule has 0 amide bonds. The molecule has 0 radical (unpaired) electrons. The molecule has 21 heavy (non-hydrogen) atoms. The van der Waals surface area contributed by atoms with Crippen molar-refractivity contribution in [3.63, 3.8) is 0 Å². The van der Waals surface area contributed by atoms with Crippen LogP contribution in [0.25, 0.3) is 0 Å². The highest BCUT2D eigenvalue weighted by molar-refractivity contribution is 6.04. The summed E-state index contributed by atoms with van der Waals surface area (Å²) in [6.07, 6.45) is 0. The van der Waals surface area contributed by atoms with E-state index in [0.717, 1.165) is 17.1 Å². The minimum Gasteiger partial charge on any atom is -0.479 e. The summed E-state index contributed by atoms with van der Waals surface area (Å²) in [4.78, 5) is 22.5. The molecule has 6 nitrogen and oxygen atoms in total. The largest absolute Gasteiger partial charge is 0.479 e. The van der Waals surface area contributed by atoms with Crippen molar-refractivity contribution in [2.45, 2.75) is 0 Å². The molecule has 0 fully saturated rings. The minimum absolute atomic E-state index is 0.288. The number of para-hydroxylation sites is 3. The number of nitrogens with one attached hydrogen (secondary N) is 2. The number of carboxylic acids is 1. The minimum atomic E-state index is -1.19. The Kier molecular flexibility index (Phi) is 3.19. The molecule has 0 atom stereocenters. The number of carbonyl (C=O) groups is 2. The third-order valence-corrected chi connectivity index (χ3v) is 3.07. The van der Waals surface area contributed by atoms with E-state index in [-0.39, 0.29) is 5.56 Å². The Morgan fingerprint density at radius 2 is 1.62 bits per heavy atom. The maximum atomic E-state index is 12.0.